The molecule has 1 aromatic rings. The summed E-state index contributed by atoms with van der Waals surface area (Å²) in [4.78, 5) is 18.1. The fraction of sp³-hybridized carbons (Fsp3) is 0.417. The maximum atomic E-state index is 10.8. The molecule has 1 saturated heterocycles. The molecule has 0 spiro atoms. The van der Waals surface area contributed by atoms with Crippen molar-refractivity contribution in [2.24, 2.45) is 0 Å². The molecule has 0 radical (unpaired) electrons. The summed E-state index contributed by atoms with van der Waals surface area (Å²) in [5.74, 6) is -0.280. The minimum Gasteiger partial charge on any atom is -0.369 e. The minimum atomic E-state index is -0.280. The van der Waals surface area contributed by atoms with Gasteiger partial charge in [-0.1, -0.05) is 23.2 Å². The predicted molar refractivity (Wildman–Crippen MR) is 72.0 cm³/mol. The van der Waals surface area contributed by atoms with Crippen LogP contribution in [0.5, 0.6) is 0 Å². The zero-order valence-corrected chi connectivity index (χ0v) is 11.5. The van der Waals surface area contributed by atoms with E-state index >= 15 is 0 Å². The highest BCUT2D eigenvalue weighted by molar-refractivity contribution is 6.42. The fourth-order valence-corrected chi connectivity index (χ4v) is 2.19. The van der Waals surface area contributed by atoms with E-state index in [9.17, 15) is 4.79 Å². The zero-order valence-electron chi connectivity index (χ0n) is 10.0. The Hall–Kier alpha value is -0.970. The number of benzene rings is 1. The van der Waals surface area contributed by atoms with Gasteiger partial charge in [0.2, 0.25) is 0 Å². The van der Waals surface area contributed by atoms with E-state index in [4.69, 9.17) is 28.0 Å². The lowest BCUT2D eigenvalue weighted by molar-refractivity contribution is -0.188. The van der Waals surface area contributed by atoms with E-state index in [1.807, 2.05) is 12.1 Å². The molecule has 0 aliphatic carbocycles. The fourth-order valence-electron chi connectivity index (χ4n) is 1.90. The van der Waals surface area contributed by atoms with Crippen molar-refractivity contribution in [3.8, 4) is 0 Å². The number of piperazine rings is 1. The van der Waals surface area contributed by atoms with Gasteiger partial charge in [0.05, 0.1) is 23.1 Å². The molecule has 0 aromatic heterocycles. The summed E-state index contributed by atoms with van der Waals surface area (Å²) in [6.45, 7) is 4.33. The van der Waals surface area contributed by atoms with E-state index in [0.717, 1.165) is 18.8 Å². The van der Waals surface area contributed by atoms with Gasteiger partial charge in [-0.2, -0.15) is 0 Å². The molecule has 0 atom stereocenters. The van der Waals surface area contributed by atoms with Crippen LogP contribution in [0.15, 0.2) is 18.2 Å². The lowest BCUT2D eigenvalue weighted by Gasteiger charge is -2.34. The molecule has 0 amide bonds. The van der Waals surface area contributed by atoms with Gasteiger partial charge >= 0.3 is 5.97 Å². The smallest absolute Gasteiger partial charge is 0.322 e. The van der Waals surface area contributed by atoms with E-state index in [-0.39, 0.29) is 5.97 Å². The van der Waals surface area contributed by atoms with Crippen molar-refractivity contribution in [2.45, 2.75) is 6.92 Å². The van der Waals surface area contributed by atoms with Crippen molar-refractivity contribution < 1.29 is 9.63 Å². The van der Waals surface area contributed by atoms with Crippen LogP contribution in [0.25, 0.3) is 0 Å². The van der Waals surface area contributed by atoms with Crippen LogP contribution in [-0.4, -0.2) is 37.2 Å². The van der Waals surface area contributed by atoms with E-state index < -0.39 is 0 Å². The SMILES string of the molecule is CC(=O)ON1CCN(c2ccc(Cl)c(Cl)c2)CC1. The van der Waals surface area contributed by atoms with Crippen molar-refractivity contribution in [3.05, 3.63) is 28.2 Å². The molecule has 1 fully saturated rings. The average molecular weight is 289 g/mol. The molecule has 98 valence electrons. The van der Waals surface area contributed by atoms with Gasteiger partial charge in [-0.25, -0.2) is 0 Å². The summed E-state index contributed by atoms with van der Waals surface area (Å²) in [7, 11) is 0. The van der Waals surface area contributed by atoms with Crippen molar-refractivity contribution in [2.75, 3.05) is 31.1 Å². The number of halogens is 2. The Morgan fingerprint density at radius 1 is 1.17 bits per heavy atom. The Morgan fingerprint density at radius 3 is 2.39 bits per heavy atom. The third kappa shape index (κ3) is 3.28. The van der Waals surface area contributed by atoms with Crippen molar-refractivity contribution in [3.63, 3.8) is 0 Å². The summed E-state index contributed by atoms with van der Waals surface area (Å²) < 4.78 is 0. The molecule has 1 aliphatic rings. The Labute approximate surface area is 116 Å². The maximum absolute atomic E-state index is 10.8. The molecular weight excluding hydrogens is 275 g/mol. The highest BCUT2D eigenvalue weighted by Gasteiger charge is 2.19. The third-order valence-corrected chi connectivity index (χ3v) is 3.50. The van der Waals surface area contributed by atoms with Crippen LogP contribution in [-0.2, 0) is 9.63 Å². The topological polar surface area (TPSA) is 32.8 Å². The molecule has 0 N–H and O–H groups in total. The van der Waals surface area contributed by atoms with Gasteiger partial charge in [-0.05, 0) is 18.2 Å². The van der Waals surface area contributed by atoms with Crippen LogP contribution in [0.4, 0.5) is 5.69 Å². The van der Waals surface area contributed by atoms with Gasteiger partial charge in [0.1, 0.15) is 0 Å². The normalized spacial score (nSPS) is 16.7. The van der Waals surface area contributed by atoms with Crippen LogP contribution >= 0.6 is 23.2 Å². The zero-order chi connectivity index (χ0) is 13.1. The minimum absolute atomic E-state index is 0.280. The second kappa shape index (κ2) is 5.78. The number of carbonyl (C=O) groups excluding carboxylic acids is 1. The van der Waals surface area contributed by atoms with Crippen LogP contribution in [0.1, 0.15) is 6.92 Å². The molecule has 18 heavy (non-hydrogen) atoms. The molecule has 4 nitrogen and oxygen atoms in total. The molecule has 0 saturated carbocycles. The quantitative estimate of drug-likeness (QED) is 0.838. The maximum Gasteiger partial charge on any atom is 0.322 e. The summed E-state index contributed by atoms with van der Waals surface area (Å²) in [5.41, 5.74) is 1.03. The van der Waals surface area contributed by atoms with Gasteiger partial charge in [0, 0.05) is 25.7 Å². The first-order valence-electron chi connectivity index (χ1n) is 5.70. The highest BCUT2D eigenvalue weighted by Crippen LogP contribution is 2.27. The van der Waals surface area contributed by atoms with E-state index in [0.29, 0.717) is 23.1 Å². The summed E-state index contributed by atoms with van der Waals surface area (Å²) >= 11 is 11.9. The number of hydrogen-bond acceptors (Lipinski definition) is 4. The molecule has 1 heterocycles. The van der Waals surface area contributed by atoms with Gasteiger partial charge in [0.25, 0.3) is 0 Å². The van der Waals surface area contributed by atoms with Gasteiger partial charge in [-0.3, -0.25) is 4.79 Å². The largest absolute Gasteiger partial charge is 0.369 e. The summed E-state index contributed by atoms with van der Waals surface area (Å²) in [6, 6.07) is 5.58. The third-order valence-electron chi connectivity index (χ3n) is 2.76. The highest BCUT2D eigenvalue weighted by atomic mass is 35.5. The van der Waals surface area contributed by atoms with E-state index in [1.54, 1.807) is 11.1 Å². The summed E-state index contributed by atoms with van der Waals surface area (Å²) in [5, 5.41) is 2.78. The number of rotatable bonds is 2. The summed E-state index contributed by atoms with van der Waals surface area (Å²) in [6.07, 6.45) is 0. The Bertz CT molecular complexity index is 446. The molecule has 1 aliphatic heterocycles. The van der Waals surface area contributed by atoms with Crippen LogP contribution in [0.2, 0.25) is 10.0 Å². The first-order valence-corrected chi connectivity index (χ1v) is 6.45. The van der Waals surface area contributed by atoms with Crippen LogP contribution in [0.3, 0.4) is 0 Å². The predicted octanol–water partition coefficient (Wildman–Crippen LogP) is 2.59. The number of hydrogen-bond donors (Lipinski definition) is 0. The Morgan fingerprint density at radius 2 is 1.83 bits per heavy atom. The van der Waals surface area contributed by atoms with Crippen molar-refractivity contribution in [1.29, 1.82) is 0 Å². The lowest BCUT2D eigenvalue weighted by atomic mass is 10.2. The van der Waals surface area contributed by atoms with Crippen LogP contribution in [0, 0.1) is 0 Å². The number of hydroxylamine groups is 2. The van der Waals surface area contributed by atoms with Crippen LogP contribution < -0.4 is 4.90 Å². The molecule has 0 unspecified atom stereocenters. The molecule has 6 heteroatoms. The van der Waals surface area contributed by atoms with E-state index in [2.05, 4.69) is 4.90 Å². The van der Waals surface area contributed by atoms with E-state index in [1.165, 1.54) is 6.92 Å². The first kappa shape index (κ1) is 13.5. The number of anilines is 1. The number of carbonyl (C=O) groups is 1. The monoisotopic (exact) mass is 288 g/mol. The standard InChI is InChI=1S/C12H14Cl2N2O2/c1-9(17)18-16-6-4-15(5-7-16)10-2-3-11(13)12(14)8-10/h2-3,8H,4-7H2,1H3. The van der Waals surface area contributed by atoms with Gasteiger partial charge in [-0.15, -0.1) is 5.06 Å². The van der Waals surface area contributed by atoms with Gasteiger partial charge in [0.15, 0.2) is 0 Å². The number of nitrogens with zero attached hydrogens (tertiary/aromatic N) is 2. The van der Waals surface area contributed by atoms with Gasteiger partial charge < -0.3 is 9.74 Å². The lowest BCUT2D eigenvalue weighted by Crippen LogP contribution is -2.46. The van der Waals surface area contributed by atoms with Crippen molar-refractivity contribution >= 4 is 34.9 Å². The second-order valence-corrected chi connectivity index (χ2v) is 4.91. The molecular formula is C12H14Cl2N2O2. The molecule has 1 aromatic carbocycles. The van der Waals surface area contributed by atoms with Crippen molar-refractivity contribution in [1.82, 2.24) is 5.06 Å². The average Bonchev–Trinajstić information content (AvgIpc) is 2.33. The second-order valence-electron chi connectivity index (χ2n) is 4.10. The molecule has 2 rings (SSSR count). The molecule has 0 bridgehead atoms. The first-order chi connectivity index (χ1) is 8.56. The Balaban J connectivity index is 1.96. The Kier molecular flexibility index (Phi) is 4.32.